The Labute approximate surface area is 140 Å². The van der Waals surface area contributed by atoms with E-state index in [4.69, 9.17) is 9.15 Å². The number of H-pyrrole nitrogens is 1. The number of hydrogen-bond acceptors (Lipinski definition) is 6. The van der Waals surface area contributed by atoms with Crippen molar-refractivity contribution in [3.8, 4) is 0 Å². The minimum absolute atomic E-state index is 0.116. The summed E-state index contributed by atoms with van der Waals surface area (Å²) < 4.78 is 11.3. The van der Waals surface area contributed by atoms with E-state index in [9.17, 15) is 4.79 Å². The van der Waals surface area contributed by atoms with E-state index in [0.717, 1.165) is 5.69 Å². The van der Waals surface area contributed by atoms with Gasteiger partial charge in [-0.05, 0) is 12.0 Å². The van der Waals surface area contributed by atoms with Crippen LogP contribution in [0.15, 0.2) is 10.5 Å². The van der Waals surface area contributed by atoms with Gasteiger partial charge in [0.05, 0.1) is 13.2 Å². The van der Waals surface area contributed by atoms with E-state index in [1.165, 1.54) is 0 Å². The zero-order valence-electron chi connectivity index (χ0n) is 14.4. The third kappa shape index (κ3) is 3.33. The highest BCUT2D eigenvalue weighted by molar-refractivity contribution is 5.92. The number of morpholine rings is 1. The highest BCUT2D eigenvalue weighted by Crippen LogP contribution is 2.24. The third-order valence-corrected chi connectivity index (χ3v) is 4.02. The topological polar surface area (TPSA) is 97.1 Å². The molecule has 2 aromatic rings. The van der Waals surface area contributed by atoms with Gasteiger partial charge in [-0.2, -0.15) is 5.10 Å². The van der Waals surface area contributed by atoms with Crippen LogP contribution < -0.4 is 0 Å². The van der Waals surface area contributed by atoms with Crippen molar-refractivity contribution in [3.05, 3.63) is 29.2 Å². The molecule has 0 spiro atoms. The van der Waals surface area contributed by atoms with Crippen molar-refractivity contribution < 1.29 is 13.9 Å². The molecule has 1 N–H and O–H groups in total. The molecule has 0 unspecified atom stereocenters. The molecule has 1 atom stereocenters. The molecule has 130 valence electrons. The van der Waals surface area contributed by atoms with Gasteiger partial charge in [0.2, 0.25) is 11.8 Å². The molecule has 2 aromatic heterocycles. The van der Waals surface area contributed by atoms with Gasteiger partial charge in [0, 0.05) is 18.2 Å². The van der Waals surface area contributed by atoms with E-state index in [2.05, 4.69) is 34.2 Å². The van der Waals surface area contributed by atoms with E-state index in [-0.39, 0.29) is 11.8 Å². The highest BCUT2D eigenvalue weighted by atomic mass is 16.5. The number of carbonyl (C=O) groups is 1. The molecule has 3 rings (SSSR count). The second-order valence-electron chi connectivity index (χ2n) is 6.61. The van der Waals surface area contributed by atoms with Crippen LogP contribution in [0.25, 0.3) is 0 Å². The Hall–Kier alpha value is -2.22. The zero-order chi connectivity index (χ0) is 17.3. The van der Waals surface area contributed by atoms with Crippen molar-refractivity contribution in [2.75, 3.05) is 19.7 Å². The fraction of sp³-hybridized carbons (Fsp3) is 0.625. The number of nitrogens with zero attached hydrogens (tertiary/aromatic N) is 4. The number of carbonyl (C=O) groups excluding carboxylic acids is 1. The monoisotopic (exact) mass is 333 g/mol. The second kappa shape index (κ2) is 6.72. The molecule has 1 amide bonds. The largest absolute Gasteiger partial charge is 0.422 e. The van der Waals surface area contributed by atoms with E-state index >= 15 is 0 Å². The van der Waals surface area contributed by atoms with Gasteiger partial charge in [-0.15, -0.1) is 10.2 Å². The predicted octanol–water partition coefficient (Wildman–Crippen LogP) is 2.25. The Kier molecular flexibility index (Phi) is 4.66. The van der Waals surface area contributed by atoms with Crippen LogP contribution in [0.4, 0.5) is 0 Å². The van der Waals surface area contributed by atoms with Crippen LogP contribution in [-0.2, 0) is 4.74 Å². The SMILES string of the molecule is CC(C)c1cc(C(=O)N2CCO[C@H](c3nnc(C(C)C)o3)C2)n[nH]1. The summed E-state index contributed by atoms with van der Waals surface area (Å²) in [4.78, 5) is 14.4. The maximum Gasteiger partial charge on any atom is 0.274 e. The van der Waals surface area contributed by atoms with Crippen LogP contribution in [0.5, 0.6) is 0 Å². The standard InChI is InChI=1S/C16H23N5O3/c1-9(2)11-7-12(18-17-11)16(22)21-5-6-23-13(8-21)15-20-19-14(24-15)10(3)4/h7,9-10,13H,5-6,8H2,1-4H3,(H,17,18)/t13-/m0/s1. The molecule has 1 aliphatic rings. The summed E-state index contributed by atoms with van der Waals surface area (Å²) in [6.45, 7) is 9.39. The first-order valence-electron chi connectivity index (χ1n) is 8.25. The molecule has 0 aliphatic carbocycles. The van der Waals surface area contributed by atoms with Crippen LogP contribution in [0.1, 0.15) is 73.6 Å². The number of rotatable bonds is 4. The van der Waals surface area contributed by atoms with Crippen molar-refractivity contribution in [1.29, 1.82) is 0 Å². The Morgan fingerprint density at radius 1 is 1.29 bits per heavy atom. The Bertz CT molecular complexity index is 706. The normalized spacial score (nSPS) is 18.6. The van der Waals surface area contributed by atoms with Gasteiger partial charge in [-0.25, -0.2) is 0 Å². The average molecular weight is 333 g/mol. The Morgan fingerprint density at radius 3 is 2.71 bits per heavy atom. The summed E-state index contributed by atoms with van der Waals surface area (Å²) in [5, 5.41) is 15.1. The number of nitrogens with one attached hydrogen (secondary N) is 1. The molecule has 1 saturated heterocycles. The number of hydrogen-bond donors (Lipinski definition) is 1. The molecule has 8 nitrogen and oxygen atoms in total. The van der Waals surface area contributed by atoms with Crippen molar-refractivity contribution in [3.63, 3.8) is 0 Å². The number of aromatic amines is 1. The maximum atomic E-state index is 12.6. The highest BCUT2D eigenvalue weighted by Gasteiger charge is 2.31. The number of ether oxygens (including phenoxy) is 1. The lowest BCUT2D eigenvalue weighted by Crippen LogP contribution is -2.42. The first-order chi connectivity index (χ1) is 11.5. The minimum atomic E-state index is -0.397. The molecular formula is C16H23N5O3. The van der Waals surface area contributed by atoms with Crippen LogP contribution >= 0.6 is 0 Å². The molecule has 3 heterocycles. The van der Waals surface area contributed by atoms with Gasteiger partial charge < -0.3 is 14.1 Å². The molecule has 0 radical (unpaired) electrons. The molecule has 24 heavy (non-hydrogen) atoms. The third-order valence-electron chi connectivity index (χ3n) is 4.02. The van der Waals surface area contributed by atoms with Crippen molar-refractivity contribution in [2.24, 2.45) is 0 Å². The zero-order valence-corrected chi connectivity index (χ0v) is 14.4. The summed E-state index contributed by atoms with van der Waals surface area (Å²) in [7, 11) is 0. The van der Waals surface area contributed by atoms with Gasteiger partial charge in [-0.1, -0.05) is 27.7 Å². The fourth-order valence-electron chi connectivity index (χ4n) is 2.50. The average Bonchev–Trinajstić information content (AvgIpc) is 3.24. The van der Waals surface area contributed by atoms with Gasteiger partial charge >= 0.3 is 0 Å². The summed E-state index contributed by atoms with van der Waals surface area (Å²) in [5.41, 5.74) is 1.37. The molecule has 0 aromatic carbocycles. The van der Waals surface area contributed by atoms with E-state index in [1.54, 1.807) is 11.0 Å². The van der Waals surface area contributed by atoms with Crippen LogP contribution in [0.2, 0.25) is 0 Å². The van der Waals surface area contributed by atoms with Gasteiger partial charge in [-0.3, -0.25) is 9.89 Å². The second-order valence-corrected chi connectivity index (χ2v) is 6.61. The lowest BCUT2D eigenvalue weighted by molar-refractivity contribution is -0.0352. The molecule has 1 aliphatic heterocycles. The van der Waals surface area contributed by atoms with Crippen LogP contribution in [0, 0.1) is 0 Å². The number of aromatic nitrogens is 4. The molecule has 8 heteroatoms. The van der Waals surface area contributed by atoms with E-state index in [1.807, 2.05) is 13.8 Å². The first-order valence-corrected chi connectivity index (χ1v) is 8.25. The first kappa shape index (κ1) is 16.6. The maximum absolute atomic E-state index is 12.6. The number of amides is 1. The van der Waals surface area contributed by atoms with Gasteiger partial charge in [0.25, 0.3) is 5.91 Å². The summed E-state index contributed by atoms with van der Waals surface area (Å²) >= 11 is 0. The minimum Gasteiger partial charge on any atom is -0.422 e. The molecular weight excluding hydrogens is 310 g/mol. The van der Waals surface area contributed by atoms with Crippen LogP contribution in [0.3, 0.4) is 0 Å². The van der Waals surface area contributed by atoms with Crippen molar-refractivity contribution in [1.82, 2.24) is 25.3 Å². The van der Waals surface area contributed by atoms with Crippen molar-refractivity contribution >= 4 is 5.91 Å². The predicted molar refractivity (Wildman–Crippen MR) is 85.7 cm³/mol. The Balaban J connectivity index is 1.71. The molecule has 0 bridgehead atoms. The summed E-state index contributed by atoms with van der Waals surface area (Å²) in [6, 6.07) is 1.81. The molecule has 0 saturated carbocycles. The quantitative estimate of drug-likeness (QED) is 0.921. The summed E-state index contributed by atoms with van der Waals surface area (Å²) in [6.07, 6.45) is -0.397. The van der Waals surface area contributed by atoms with E-state index in [0.29, 0.717) is 43.1 Å². The lowest BCUT2D eigenvalue weighted by atomic mass is 10.1. The Morgan fingerprint density at radius 2 is 2.08 bits per heavy atom. The summed E-state index contributed by atoms with van der Waals surface area (Å²) in [5.74, 6) is 1.33. The lowest BCUT2D eigenvalue weighted by Gasteiger charge is -2.30. The van der Waals surface area contributed by atoms with Gasteiger partial charge in [0.1, 0.15) is 5.69 Å². The van der Waals surface area contributed by atoms with Crippen molar-refractivity contribution in [2.45, 2.75) is 45.6 Å². The molecule has 1 fully saturated rings. The van der Waals surface area contributed by atoms with Gasteiger partial charge in [0.15, 0.2) is 6.10 Å². The fourth-order valence-corrected chi connectivity index (χ4v) is 2.50. The van der Waals surface area contributed by atoms with Crippen LogP contribution in [-0.4, -0.2) is 50.9 Å². The smallest absolute Gasteiger partial charge is 0.274 e. The van der Waals surface area contributed by atoms with E-state index < -0.39 is 6.10 Å².